The van der Waals surface area contributed by atoms with E-state index < -0.39 is 11.7 Å². The maximum atomic E-state index is 12.7. The third kappa shape index (κ3) is 5.98. The molecule has 2 aromatic rings. The molecule has 0 aliphatic carbocycles. The first-order valence-corrected chi connectivity index (χ1v) is 9.69. The Balaban J connectivity index is 1.47. The molecule has 0 bridgehead atoms. The van der Waals surface area contributed by atoms with E-state index in [9.17, 15) is 18.0 Å². The minimum atomic E-state index is -4.48. The number of rotatable bonds is 5. The molecule has 0 atom stereocenters. The van der Waals surface area contributed by atoms with Gasteiger partial charge in [0.05, 0.1) is 17.1 Å². The molecule has 0 unspecified atom stereocenters. The molecule has 2 heterocycles. The van der Waals surface area contributed by atoms with Crippen LogP contribution in [-0.4, -0.2) is 48.5 Å². The first kappa shape index (κ1) is 21.7. The molecule has 0 spiro atoms. The van der Waals surface area contributed by atoms with Crippen LogP contribution in [0.4, 0.5) is 19.0 Å². The highest BCUT2D eigenvalue weighted by atomic mass is 35.5. The molecule has 1 aliphatic rings. The van der Waals surface area contributed by atoms with E-state index >= 15 is 0 Å². The van der Waals surface area contributed by atoms with Crippen molar-refractivity contribution in [3.63, 3.8) is 0 Å². The number of carbonyl (C=O) groups excluding carboxylic acids is 1. The number of hydrogen-bond donors (Lipinski definition) is 1. The van der Waals surface area contributed by atoms with Crippen LogP contribution in [0.1, 0.15) is 11.1 Å². The standard InChI is InChI=1S/C19H19Cl2F3N4O/c20-15-3-1-13(2-4-15)10-25-17(29)12-27-5-7-28(8-6-27)18-16(21)9-14(11-26-18)19(22,23)24/h1-4,9,11H,5-8,10,12H2,(H,25,29). The van der Waals surface area contributed by atoms with Gasteiger partial charge in [-0.1, -0.05) is 35.3 Å². The summed E-state index contributed by atoms with van der Waals surface area (Å²) in [6, 6.07) is 8.12. The van der Waals surface area contributed by atoms with Crippen LogP contribution in [0.5, 0.6) is 0 Å². The van der Waals surface area contributed by atoms with Crippen LogP contribution in [0.15, 0.2) is 36.5 Å². The van der Waals surface area contributed by atoms with E-state index in [4.69, 9.17) is 23.2 Å². The van der Waals surface area contributed by atoms with Gasteiger partial charge in [-0.25, -0.2) is 4.98 Å². The van der Waals surface area contributed by atoms with Gasteiger partial charge >= 0.3 is 6.18 Å². The van der Waals surface area contributed by atoms with Crippen molar-refractivity contribution < 1.29 is 18.0 Å². The lowest BCUT2D eigenvalue weighted by atomic mass is 10.2. The number of anilines is 1. The lowest BCUT2D eigenvalue weighted by molar-refractivity contribution is -0.137. The van der Waals surface area contributed by atoms with Gasteiger partial charge in [-0.15, -0.1) is 0 Å². The van der Waals surface area contributed by atoms with Gasteiger partial charge < -0.3 is 10.2 Å². The number of benzene rings is 1. The summed E-state index contributed by atoms with van der Waals surface area (Å²) in [4.78, 5) is 19.8. The summed E-state index contributed by atoms with van der Waals surface area (Å²) < 4.78 is 38.2. The second-order valence-corrected chi connectivity index (χ2v) is 7.54. The van der Waals surface area contributed by atoms with Crippen LogP contribution in [-0.2, 0) is 17.5 Å². The lowest BCUT2D eigenvalue weighted by Crippen LogP contribution is -2.49. The first-order chi connectivity index (χ1) is 13.7. The van der Waals surface area contributed by atoms with Gasteiger partial charge in [0.25, 0.3) is 0 Å². The number of halogens is 5. The predicted octanol–water partition coefficient (Wildman–Crippen LogP) is 3.85. The molecule has 5 nitrogen and oxygen atoms in total. The summed E-state index contributed by atoms with van der Waals surface area (Å²) >= 11 is 11.8. The number of nitrogens with zero attached hydrogens (tertiary/aromatic N) is 3. The Morgan fingerprint density at radius 2 is 1.76 bits per heavy atom. The predicted molar refractivity (Wildman–Crippen MR) is 106 cm³/mol. The summed E-state index contributed by atoms with van der Waals surface area (Å²) in [5.74, 6) is 0.227. The minimum Gasteiger partial charge on any atom is -0.353 e. The molecule has 10 heteroatoms. The highest BCUT2D eigenvalue weighted by Crippen LogP contribution is 2.33. The van der Waals surface area contributed by atoms with Crippen molar-refractivity contribution in [2.45, 2.75) is 12.7 Å². The molecular weight excluding hydrogens is 428 g/mol. The second-order valence-electron chi connectivity index (χ2n) is 6.69. The summed E-state index contributed by atoms with van der Waals surface area (Å²) in [7, 11) is 0. The van der Waals surface area contributed by atoms with Crippen molar-refractivity contribution in [2.75, 3.05) is 37.6 Å². The monoisotopic (exact) mass is 446 g/mol. The smallest absolute Gasteiger partial charge is 0.353 e. The molecule has 1 fully saturated rings. The van der Waals surface area contributed by atoms with E-state index in [-0.39, 0.29) is 17.5 Å². The number of alkyl halides is 3. The Morgan fingerprint density at radius 1 is 1.10 bits per heavy atom. The minimum absolute atomic E-state index is 0.0333. The van der Waals surface area contributed by atoms with Gasteiger partial charge in [0, 0.05) is 43.9 Å². The van der Waals surface area contributed by atoms with Gasteiger partial charge in [0.1, 0.15) is 5.82 Å². The molecule has 0 radical (unpaired) electrons. The van der Waals surface area contributed by atoms with Crippen LogP contribution in [0, 0.1) is 0 Å². The SMILES string of the molecule is O=C(CN1CCN(c2ncc(C(F)(F)F)cc2Cl)CC1)NCc1ccc(Cl)cc1. The fourth-order valence-electron chi connectivity index (χ4n) is 3.00. The third-order valence-corrected chi connectivity index (χ3v) is 5.12. The molecule has 1 N–H and O–H groups in total. The van der Waals surface area contributed by atoms with E-state index in [2.05, 4.69) is 10.3 Å². The van der Waals surface area contributed by atoms with Crippen LogP contribution in [0.25, 0.3) is 0 Å². The van der Waals surface area contributed by atoms with E-state index in [1.165, 1.54) is 0 Å². The molecule has 1 aliphatic heterocycles. The lowest BCUT2D eigenvalue weighted by Gasteiger charge is -2.35. The maximum Gasteiger partial charge on any atom is 0.417 e. The molecule has 29 heavy (non-hydrogen) atoms. The average molecular weight is 447 g/mol. The second kappa shape index (κ2) is 9.19. The number of pyridine rings is 1. The van der Waals surface area contributed by atoms with Crippen LogP contribution in [0.3, 0.4) is 0 Å². The zero-order valence-corrected chi connectivity index (χ0v) is 16.9. The van der Waals surface area contributed by atoms with Crippen molar-refractivity contribution in [2.24, 2.45) is 0 Å². The third-order valence-electron chi connectivity index (χ3n) is 4.59. The van der Waals surface area contributed by atoms with Crippen molar-refractivity contribution in [1.29, 1.82) is 0 Å². The number of nitrogens with one attached hydrogen (secondary N) is 1. The molecule has 1 aromatic heterocycles. The number of hydrogen-bond acceptors (Lipinski definition) is 4. The zero-order chi connectivity index (χ0) is 21.0. The first-order valence-electron chi connectivity index (χ1n) is 8.93. The quantitative estimate of drug-likeness (QED) is 0.757. The van der Waals surface area contributed by atoms with E-state index in [0.717, 1.165) is 17.8 Å². The van der Waals surface area contributed by atoms with Crippen molar-refractivity contribution in [1.82, 2.24) is 15.2 Å². The summed E-state index contributed by atoms with van der Waals surface area (Å²) in [5, 5.41) is 3.47. The molecule has 156 valence electrons. The fraction of sp³-hybridized carbons (Fsp3) is 0.368. The maximum absolute atomic E-state index is 12.7. The number of aromatic nitrogens is 1. The average Bonchev–Trinajstić information content (AvgIpc) is 2.67. The number of amides is 1. The van der Waals surface area contributed by atoms with Crippen molar-refractivity contribution in [3.8, 4) is 0 Å². The summed E-state index contributed by atoms with van der Waals surface area (Å²) in [6.07, 6.45) is -3.69. The molecule has 1 aromatic carbocycles. The van der Waals surface area contributed by atoms with Crippen molar-refractivity contribution >= 4 is 34.9 Å². The topological polar surface area (TPSA) is 48.5 Å². The Morgan fingerprint density at radius 3 is 2.34 bits per heavy atom. The fourth-order valence-corrected chi connectivity index (χ4v) is 3.41. The van der Waals surface area contributed by atoms with Crippen LogP contribution < -0.4 is 10.2 Å². The van der Waals surface area contributed by atoms with Crippen LogP contribution in [0.2, 0.25) is 10.0 Å². The van der Waals surface area contributed by atoms with Crippen molar-refractivity contribution in [3.05, 3.63) is 57.7 Å². The summed E-state index contributed by atoms with van der Waals surface area (Å²) in [5.41, 5.74) is 0.0813. The normalized spacial score (nSPS) is 15.4. The Hall–Kier alpha value is -2.03. The number of carbonyl (C=O) groups is 1. The summed E-state index contributed by atoms with van der Waals surface area (Å²) in [6.45, 7) is 2.85. The van der Waals surface area contributed by atoms with Gasteiger partial charge in [0.2, 0.25) is 5.91 Å². The van der Waals surface area contributed by atoms with E-state index in [0.29, 0.717) is 43.6 Å². The van der Waals surface area contributed by atoms with Gasteiger partial charge in [-0.2, -0.15) is 13.2 Å². The Kier molecular flexibility index (Phi) is 6.87. The van der Waals surface area contributed by atoms with Crippen LogP contribution >= 0.6 is 23.2 Å². The molecule has 1 saturated heterocycles. The van der Waals surface area contributed by atoms with Gasteiger partial charge in [-0.3, -0.25) is 9.69 Å². The van der Waals surface area contributed by atoms with E-state index in [1.54, 1.807) is 12.1 Å². The molecule has 3 rings (SSSR count). The molecular formula is C19H19Cl2F3N4O. The van der Waals surface area contributed by atoms with Gasteiger partial charge in [0.15, 0.2) is 0 Å². The highest BCUT2D eigenvalue weighted by molar-refractivity contribution is 6.33. The Bertz CT molecular complexity index is 854. The van der Waals surface area contributed by atoms with E-state index in [1.807, 2.05) is 21.9 Å². The number of piperazine rings is 1. The highest BCUT2D eigenvalue weighted by Gasteiger charge is 2.32. The zero-order valence-electron chi connectivity index (χ0n) is 15.3. The van der Waals surface area contributed by atoms with Gasteiger partial charge in [-0.05, 0) is 23.8 Å². The molecule has 0 saturated carbocycles. The molecule has 1 amide bonds. The Labute approximate surface area is 176 Å². The largest absolute Gasteiger partial charge is 0.417 e.